The molecule has 7 nitrogen and oxygen atoms in total. The highest BCUT2D eigenvalue weighted by Gasteiger charge is 2.32. The van der Waals surface area contributed by atoms with E-state index < -0.39 is 5.60 Å². The van der Waals surface area contributed by atoms with Gasteiger partial charge >= 0.3 is 6.09 Å². The number of pyridine rings is 1. The number of fused-ring (bicyclic) bond motifs is 1. The number of ether oxygens (including phenoxy) is 1. The van der Waals surface area contributed by atoms with Gasteiger partial charge in [0.15, 0.2) is 16.6 Å². The average Bonchev–Trinajstić information content (AvgIpc) is 3.01. The van der Waals surface area contributed by atoms with Crippen LogP contribution in [0.5, 0.6) is 0 Å². The van der Waals surface area contributed by atoms with Crippen LogP contribution in [0.3, 0.4) is 0 Å². The van der Waals surface area contributed by atoms with Crippen LogP contribution in [-0.2, 0) is 4.74 Å². The number of anilines is 1. The van der Waals surface area contributed by atoms with Crippen LogP contribution >= 0.6 is 23.2 Å². The van der Waals surface area contributed by atoms with Gasteiger partial charge < -0.3 is 14.5 Å². The molecule has 140 valence electrons. The third-order valence-corrected chi connectivity index (χ3v) is 4.58. The zero-order chi connectivity index (χ0) is 19.1. The highest BCUT2D eigenvalue weighted by molar-refractivity contribution is 6.32. The van der Waals surface area contributed by atoms with Gasteiger partial charge in [0.2, 0.25) is 0 Å². The van der Waals surface area contributed by atoms with Gasteiger partial charge in [-0.15, -0.1) is 0 Å². The molecule has 2 aromatic rings. The first-order valence-electron chi connectivity index (χ1n) is 8.33. The van der Waals surface area contributed by atoms with Gasteiger partial charge in [-0.25, -0.2) is 19.7 Å². The molecule has 1 fully saturated rings. The van der Waals surface area contributed by atoms with Crippen molar-refractivity contribution in [1.82, 2.24) is 19.9 Å². The van der Waals surface area contributed by atoms with Crippen LogP contribution in [0.4, 0.5) is 10.6 Å². The molecule has 26 heavy (non-hydrogen) atoms. The summed E-state index contributed by atoms with van der Waals surface area (Å²) in [6, 6.07) is 1.69. The zero-order valence-corrected chi connectivity index (χ0v) is 16.7. The van der Waals surface area contributed by atoms with Crippen LogP contribution in [0, 0.1) is 0 Å². The van der Waals surface area contributed by atoms with Gasteiger partial charge in [0.1, 0.15) is 11.1 Å². The summed E-state index contributed by atoms with van der Waals surface area (Å²) in [5, 5.41) is 0.776. The predicted octanol–water partition coefficient (Wildman–Crippen LogP) is 3.78. The first-order chi connectivity index (χ1) is 12.1. The fourth-order valence-electron chi connectivity index (χ4n) is 2.83. The van der Waals surface area contributed by atoms with Gasteiger partial charge in [-0.3, -0.25) is 0 Å². The number of nitrogens with zero attached hydrogens (tertiary/aromatic N) is 5. The van der Waals surface area contributed by atoms with Crippen molar-refractivity contribution in [3.05, 3.63) is 22.4 Å². The molecule has 1 amide bonds. The van der Waals surface area contributed by atoms with E-state index in [2.05, 4.69) is 15.0 Å². The molecule has 3 heterocycles. The van der Waals surface area contributed by atoms with E-state index in [-0.39, 0.29) is 12.1 Å². The Kier molecular flexibility index (Phi) is 5.12. The molecule has 0 aromatic carbocycles. The Balaban J connectivity index is 1.76. The van der Waals surface area contributed by atoms with Crippen molar-refractivity contribution >= 4 is 46.3 Å². The standard InChI is InChI=1S/C17H21Cl2N5O2/c1-17(2,3)26-16(25)23(4)11-5-6-24(9-11)15-13(19)21-12-7-10(18)8-20-14(12)22-15/h7-8,11H,5-6,9H2,1-4H3/t11-/m1/s1. The Bertz CT molecular complexity index is 840. The first-order valence-corrected chi connectivity index (χ1v) is 9.09. The summed E-state index contributed by atoms with van der Waals surface area (Å²) in [6.07, 6.45) is 1.98. The summed E-state index contributed by atoms with van der Waals surface area (Å²) >= 11 is 12.3. The third-order valence-electron chi connectivity index (χ3n) is 4.12. The molecule has 0 bridgehead atoms. The normalized spacial score (nSPS) is 17.6. The molecule has 0 aliphatic carbocycles. The van der Waals surface area contributed by atoms with Crippen molar-refractivity contribution in [1.29, 1.82) is 0 Å². The molecule has 1 aliphatic heterocycles. The zero-order valence-electron chi connectivity index (χ0n) is 15.2. The number of hydrogen-bond donors (Lipinski definition) is 0. The van der Waals surface area contributed by atoms with Crippen molar-refractivity contribution in [2.24, 2.45) is 0 Å². The van der Waals surface area contributed by atoms with Crippen LogP contribution < -0.4 is 4.90 Å². The number of carbonyl (C=O) groups is 1. The van der Waals surface area contributed by atoms with E-state index in [1.165, 1.54) is 6.20 Å². The second-order valence-corrected chi connectivity index (χ2v) is 8.11. The van der Waals surface area contributed by atoms with Gasteiger partial charge in [-0.1, -0.05) is 23.2 Å². The molecule has 0 N–H and O–H groups in total. The maximum Gasteiger partial charge on any atom is 0.410 e. The number of carbonyl (C=O) groups excluding carboxylic acids is 1. The summed E-state index contributed by atoms with van der Waals surface area (Å²) in [4.78, 5) is 29.0. The van der Waals surface area contributed by atoms with Gasteiger partial charge in [0, 0.05) is 26.3 Å². The lowest BCUT2D eigenvalue weighted by atomic mass is 10.2. The lowest BCUT2D eigenvalue weighted by Crippen LogP contribution is -2.42. The van der Waals surface area contributed by atoms with E-state index in [0.29, 0.717) is 40.2 Å². The summed E-state index contributed by atoms with van der Waals surface area (Å²) < 4.78 is 5.44. The van der Waals surface area contributed by atoms with Crippen LogP contribution in [-0.4, -0.2) is 57.7 Å². The molecule has 3 rings (SSSR count). The Hall–Kier alpha value is -1.86. The van der Waals surface area contributed by atoms with Crippen LogP contribution in [0.1, 0.15) is 27.2 Å². The number of aromatic nitrogens is 3. The Morgan fingerprint density at radius 3 is 2.77 bits per heavy atom. The van der Waals surface area contributed by atoms with Crippen molar-refractivity contribution in [2.75, 3.05) is 25.0 Å². The number of halogens is 2. The molecule has 0 radical (unpaired) electrons. The van der Waals surface area contributed by atoms with Crippen molar-refractivity contribution in [2.45, 2.75) is 38.8 Å². The monoisotopic (exact) mass is 397 g/mol. The molecule has 0 unspecified atom stereocenters. The first kappa shape index (κ1) is 18.9. The Labute approximate surface area is 162 Å². The quantitative estimate of drug-likeness (QED) is 0.767. The van der Waals surface area contributed by atoms with E-state index in [9.17, 15) is 4.79 Å². The summed E-state index contributed by atoms with van der Waals surface area (Å²) in [6.45, 7) is 6.87. The minimum Gasteiger partial charge on any atom is -0.444 e. The van der Waals surface area contributed by atoms with Crippen LogP contribution in [0.15, 0.2) is 12.3 Å². The topological polar surface area (TPSA) is 71.5 Å². The molecule has 1 aliphatic rings. The van der Waals surface area contributed by atoms with Gasteiger partial charge in [-0.2, -0.15) is 0 Å². The maximum atomic E-state index is 12.3. The van der Waals surface area contributed by atoms with Gasteiger partial charge in [-0.05, 0) is 33.3 Å². The summed E-state index contributed by atoms with van der Waals surface area (Å²) in [5.74, 6) is 0.564. The molecular formula is C17H21Cl2N5O2. The fraction of sp³-hybridized carbons (Fsp3) is 0.529. The molecule has 1 atom stereocenters. The Morgan fingerprint density at radius 1 is 1.35 bits per heavy atom. The average molecular weight is 398 g/mol. The SMILES string of the molecule is CN(C(=O)OC(C)(C)C)[C@@H]1CCN(c2nc3ncc(Cl)cc3nc2Cl)C1. The van der Waals surface area contributed by atoms with Gasteiger partial charge in [0.25, 0.3) is 0 Å². The largest absolute Gasteiger partial charge is 0.444 e. The van der Waals surface area contributed by atoms with E-state index in [1.807, 2.05) is 25.7 Å². The Morgan fingerprint density at radius 2 is 2.08 bits per heavy atom. The molecule has 2 aromatic heterocycles. The van der Waals surface area contributed by atoms with Crippen molar-refractivity contribution < 1.29 is 9.53 Å². The minimum absolute atomic E-state index is 0.0107. The van der Waals surface area contributed by atoms with Crippen molar-refractivity contribution in [3.63, 3.8) is 0 Å². The lowest BCUT2D eigenvalue weighted by Gasteiger charge is -2.28. The van der Waals surface area contributed by atoms with Crippen molar-refractivity contribution in [3.8, 4) is 0 Å². The molecule has 0 spiro atoms. The third kappa shape index (κ3) is 4.10. The van der Waals surface area contributed by atoms with E-state index in [0.717, 1.165) is 6.42 Å². The highest BCUT2D eigenvalue weighted by atomic mass is 35.5. The molecule has 9 heteroatoms. The molecule has 0 saturated carbocycles. The minimum atomic E-state index is -0.524. The van der Waals surface area contributed by atoms with Crippen LogP contribution in [0.25, 0.3) is 11.2 Å². The predicted molar refractivity (Wildman–Crippen MR) is 102 cm³/mol. The smallest absolute Gasteiger partial charge is 0.410 e. The second kappa shape index (κ2) is 7.04. The van der Waals surface area contributed by atoms with E-state index in [1.54, 1.807) is 18.0 Å². The van der Waals surface area contributed by atoms with E-state index >= 15 is 0 Å². The van der Waals surface area contributed by atoms with Gasteiger partial charge in [0.05, 0.1) is 11.1 Å². The fourth-order valence-corrected chi connectivity index (χ4v) is 3.23. The molecule has 1 saturated heterocycles. The molecular weight excluding hydrogens is 377 g/mol. The maximum absolute atomic E-state index is 12.3. The number of rotatable bonds is 2. The number of likely N-dealkylation sites (N-methyl/N-ethyl adjacent to an activating group) is 1. The number of amides is 1. The van der Waals surface area contributed by atoms with Crippen LogP contribution in [0.2, 0.25) is 10.2 Å². The second-order valence-electron chi connectivity index (χ2n) is 7.31. The lowest BCUT2D eigenvalue weighted by molar-refractivity contribution is 0.0238. The van der Waals surface area contributed by atoms with E-state index in [4.69, 9.17) is 27.9 Å². The summed E-state index contributed by atoms with van der Waals surface area (Å²) in [5.41, 5.74) is 0.509. The summed E-state index contributed by atoms with van der Waals surface area (Å²) in [7, 11) is 1.75. The highest BCUT2D eigenvalue weighted by Crippen LogP contribution is 2.29. The number of hydrogen-bond acceptors (Lipinski definition) is 6.